The van der Waals surface area contributed by atoms with E-state index < -0.39 is 17.9 Å². The summed E-state index contributed by atoms with van der Waals surface area (Å²) in [5.41, 5.74) is 6.40. The molecule has 21 heavy (non-hydrogen) atoms. The van der Waals surface area contributed by atoms with Gasteiger partial charge in [-0.1, -0.05) is 11.6 Å². The highest BCUT2D eigenvalue weighted by molar-refractivity contribution is 6.33. The predicted molar refractivity (Wildman–Crippen MR) is 78.3 cm³/mol. The topological polar surface area (TPSA) is 92.9 Å². The Hall–Kier alpha value is -1.79. The van der Waals surface area contributed by atoms with Gasteiger partial charge in [0.15, 0.2) is 0 Å². The van der Waals surface area contributed by atoms with Crippen LogP contribution in [0.15, 0.2) is 18.2 Å². The lowest BCUT2D eigenvalue weighted by molar-refractivity contribution is -0.142. The molecule has 1 aromatic carbocycles. The molecule has 114 valence electrons. The fourth-order valence-corrected chi connectivity index (χ4v) is 2.62. The number of halogens is 1. The molecule has 2 unspecified atom stereocenters. The van der Waals surface area contributed by atoms with Crippen LogP contribution in [0.1, 0.15) is 17.3 Å². The zero-order valence-corrected chi connectivity index (χ0v) is 12.3. The second-order valence-electron chi connectivity index (χ2n) is 4.88. The Morgan fingerprint density at radius 2 is 2.19 bits per heavy atom. The van der Waals surface area contributed by atoms with Crippen molar-refractivity contribution < 1.29 is 19.4 Å². The Bertz CT molecular complexity index is 564. The van der Waals surface area contributed by atoms with Crippen LogP contribution < -0.4 is 5.73 Å². The highest BCUT2D eigenvalue weighted by Crippen LogP contribution is 2.24. The molecule has 0 radical (unpaired) electrons. The van der Waals surface area contributed by atoms with Crippen molar-refractivity contribution in [1.29, 1.82) is 0 Å². The van der Waals surface area contributed by atoms with Crippen LogP contribution in [0.5, 0.6) is 0 Å². The molecule has 1 heterocycles. The van der Waals surface area contributed by atoms with Crippen LogP contribution in [0.4, 0.5) is 5.69 Å². The van der Waals surface area contributed by atoms with Crippen LogP contribution in [0.2, 0.25) is 5.02 Å². The first-order valence-corrected chi connectivity index (χ1v) is 7.00. The molecule has 2 atom stereocenters. The Balaban J connectivity index is 2.26. The number of ether oxygens (including phenoxy) is 1. The summed E-state index contributed by atoms with van der Waals surface area (Å²) in [4.78, 5) is 25.3. The van der Waals surface area contributed by atoms with E-state index in [9.17, 15) is 14.7 Å². The number of nitrogen functional groups attached to an aromatic ring is 1. The van der Waals surface area contributed by atoms with Crippen molar-refractivity contribution in [1.82, 2.24) is 4.90 Å². The predicted octanol–water partition coefficient (Wildman–Crippen LogP) is 1.48. The Kier molecular flexibility index (Phi) is 4.69. The molecule has 0 aliphatic carbocycles. The maximum atomic E-state index is 12.6. The number of rotatable bonds is 4. The summed E-state index contributed by atoms with van der Waals surface area (Å²) in [5, 5.41) is 9.51. The van der Waals surface area contributed by atoms with Gasteiger partial charge in [0.2, 0.25) is 0 Å². The number of hydrogen-bond donors (Lipinski definition) is 2. The van der Waals surface area contributed by atoms with E-state index in [0.717, 1.165) is 0 Å². The normalized spacial score (nSPS) is 21.2. The fourth-order valence-electron chi connectivity index (χ4n) is 2.44. The monoisotopic (exact) mass is 312 g/mol. The van der Waals surface area contributed by atoms with Crippen molar-refractivity contribution in [2.24, 2.45) is 5.92 Å². The maximum absolute atomic E-state index is 12.6. The zero-order valence-electron chi connectivity index (χ0n) is 11.6. The van der Waals surface area contributed by atoms with Gasteiger partial charge in [-0.15, -0.1) is 0 Å². The summed E-state index contributed by atoms with van der Waals surface area (Å²) in [5.74, 6) is -1.95. The summed E-state index contributed by atoms with van der Waals surface area (Å²) < 4.78 is 5.22. The van der Waals surface area contributed by atoms with E-state index in [1.165, 1.54) is 11.0 Å². The number of nitrogens with two attached hydrogens (primary N) is 1. The van der Waals surface area contributed by atoms with Crippen LogP contribution in [-0.2, 0) is 9.53 Å². The van der Waals surface area contributed by atoms with Gasteiger partial charge in [0, 0.05) is 12.1 Å². The van der Waals surface area contributed by atoms with Gasteiger partial charge in [0.25, 0.3) is 5.91 Å². The zero-order chi connectivity index (χ0) is 15.6. The van der Waals surface area contributed by atoms with E-state index in [1.807, 2.05) is 0 Å². The second kappa shape index (κ2) is 6.32. The molecule has 1 aliphatic rings. The quantitative estimate of drug-likeness (QED) is 0.822. The third kappa shape index (κ3) is 3.11. The number of anilines is 1. The summed E-state index contributed by atoms with van der Waals surface area (Å²) in [6, 6.07) is 4.16. The lowest BCUT2D eigenvalue weighted by atomic mass is 10.0. The molecule has 1 aromatic rings. The summed E-state index contributed by atoms with van der Waals surface area (Å²) in [7, 11) is 0. The second-order valence-corrected chi connectivity index (χ2v) is 5.28. The molecule has 0 aromatic heterocycles. The van der Waals surface area contributed by atoms with Gasteiger partial charge in [-0.2, -0.15) is 0 Å². The lowest BCUT2D eigenvalue weighted by Crippen LogP contribution is -2.46. The van der Waals surface area contributed by atoms with E-state index in [2.05, 4.69) is 0 Å². The molecule has 2 rings (SSSR count). The first-order valence-electron chi connectivity index (χ1n) is 6.62. The highest BCUT2D eigenvalue weighted by atomic mass is 35.5. The van der Waals surface area contributed by atoms with Crippen LogP contribution in [0, 0.1) is 5.92 Å². The van der Waals surface area contributed by atoms with Crippen molar-refractivity contribution in [3.05, 3.63) is 28.8 Å². The van der Waals surface area contributed by atoms with E-state index in [4.69, 9.17) is 22.1 Å². The average molecular weight is 313 g/mol. The van der Waals surface area contributed by atoms with Gasteiger partial charge in [-0.25, -0.2) is 0 Å². The maximum Gasteiger partial charge on any atom is 0.311 e. The lowest BCUT2D eigenvalue weighted by Gasteiger charge is -2.29. The number of nitrogens with zero attached hydrogens (tertiary/aromatic N) is 1. The van der Waals surface area contributed by atoms with E-state index in [-0.39, 0.29) is 19.1 Å². The number of carbonyl (C=O) groups is 2. The minimum absolute atomic E-state index is 0.117. The molecule has 0 bridgehead atoms. The van der Waals surface area contributed by atoms with Crippen molar-refractivity contribution >= 4 is 29.2 Å². The Morgan fingerprint density at radius 1 is 1.48 bits per heavy atom. The molecule has 3 N–H and O–H groups in total. The van der Waals surface area contributed by atoms with Crippen LogP contribution in [0.25, 0.3) is 0 Å². The summed E-state index contributed by atoms with van der Waals surface area (Å²) >= 11 is 5.93. The molecule has 1 aliphatic heterocycles. The van der Waals surface area contributed by atoms with Crippen molar-refractivity contribution in [2.45, 2.75) is 13.0 Å². The van der Waals surface area contributed by atoms with Crippen molar-refractivity contribution in [3.8, 4) is 0 Å². The van der Waals surface area contributed by atoms with Crippen LogP contribution in [-0.4, -0.2) is 47.7 Å². The number of hydrogen-bond acceptors (Lipinski definition) is 4. The first-order chi connectivity index (χ1) is 9.95. The molecule has 0 spiro atoms. The van der Waals surface area contributed by atoms with Crippen LogP contribution in [0.3, 0.4) is 0 Å². The molecule has 1 amide bonds. The third-order valence-electron chi connectivity index (χ3n) is 3.62. The number of carbonyl (C=O) groups excluding carboxylic acids is 1. The van der Waals surface area contributed by atoms with Gasteiger partial charge >= 0.3 is 5.97 Å². The Morgan fingerprint density at radius 3 is 2.76 bits per heavy atom. The van der Waals surface area contributed by atoms with E-state index >= 15 is 0 Å². The van der Waals surface area contributed by atoms with Gasteiger partial charge < -0.3 is 20.5 Å². The van der Waals surface area contributed by atoms with E-state index in [0.29, 0.717) is 22.8 Å². The average Bonchev–Trinajstić information content (AvgIpc) is 2.92. The number of aliphatic carboxylic acids is 1. The molecule has 1 fully saturated rings. The molecular formula is C14H17ClN2O4. The largest absolute Gasteiger partial charge is 0.481 e. The number of carboxylic acid groups (broad SMARTS) is 1. The number of likely N-dealkylation sites (N-methyl/N-ethyl adjacent to an activating group) is 1. The number of carboxylic acids is 1. The van der Waals surface area contributed by atoms with Gasteiger partial charge in [0.1, 0.15) is 5.92 Å². The Labute approximate surface area is 127 Å². The molecule has 1 saturated heterocycles. The van der Waals surface area contributed by atoms with Crippen molar-refractivity contribution in [3.63, 3.8) is 0 Å². The van der Waals surface area contributed by atoms with Gasteiger partial charge in [-0.05, 0) is 25.1 Å². The molecule has 6 nitrogen and oxygen atoms in total. The smallest absolute Gasteiger partial charge is 0.311 e. The van der Waals surface area contributed by atoms with Crippen molar-refractivity contribution in [2.75, 3.05) is 25.5 Å². The highest BCUT2D eigenvalue weighted by Gasteiger charge is 2.39. The summed E-state index contributed by atoms with van der Waals surface area (Å²) in [6.07, 6.45) is 0. The molecule has 7 heteroatoms. The first kappa shape index (κ1) is 15.6. The molecule has 0 saturated carbocycles. The fraction of sp³-hybridized carbons (Fsp3) is 0.429. The van der Waals surface area contributed by atoms with Crippen LogP contribution >= 0.6 is 11.6 Å². The number of benzene rings is 1. The number of amides is 1. The summed E-state index contributed by atoms with van der Waals surface area (Å²) in [6.45, 7) is 2.53. The SMILES string of the molecule is CCN(C(=O)c1ccc(N)c(Cl)c1)C1COCC1C(=O)O. The standard InChI is InChI=1S/C14H17ClN2O4/c1-2-17(12-7-21-6-9(12)14(19)20)13(18)8-3-4-11(16)10(15)5-8/h3-5,9,12H,2,6-7,16H2,1H3,(H,19,20). The van der Waals surface area contributed by atoms with Gasteiger partial charge in [0.05, 0.1) is 30.0 Å². The van der Waals surface area contributed by atoms with Gasteiger partial charge in [-0.3, -0.25) is 9.59 Å². The van der Waals surface area contributed by atoms with E-state index in [1.54, 1.807) is 19.1 Å². The minimum Gasteiger partial charge on any atom is -0.481 e. The minimum atomic E-state index is -0.959. The third-order valence-corrected chi connectivity index (χ3v) is 3.94. The molecular weight excluding hydrogens is 296 g/mol.